The molecule has 0 amide bonds. The average molecular weight is 783 g/mol. The van der Waals surface area contributed by atoms with E-state index in [9.17, 15) is 65.4 Å². The van der Waals surface area contributed by atoms with Crippen LogP contribution < -0.4 is 14.9 Å². The minimum absolute atomic E-state index is 0.0251. The van der Waals surface area contributed by atoms with E-state index in [4.69, 9.17) is 37.6 Å². The molecule has 0 spiro atoms. The van der Waals surface area contributed by atoms with E-state index in [-0.39, 0.29) is 33.8 Å². The summed E-state index contributed by atoms with van der Waals surface area (Å²) in [6.45, 7) is -0.904. The maximum absolute atomic E-state index is 13.2. The van der Waals surface area contributed by atoms with Gasteiger partial charge in [-0.25, -0.2) is 4.79 Å². The third-order valence-electron chi connectivity index (χ3n) is 9.21. The Hall–Kier alpha value is -4.49. The smallest absolute Gasteiger partial charge is 0.335 e. The number of phenols is 1. The quantitative estimate of drug-likeness (QED) is 0.0850. The number of hydrogen-bond donors (Lipinski definition) is 10. The van der Waals surface area contributed by atoms with E-state index in [1.165, 1.54) is 30.3 Å². The summed E-state index contributed by atoms with van der Waals surface area (Å²) >= 11 is 0. The summed E-state index contributed by atoms with van der Waals surface area (Å²) in [6, 6.07) is 8.80. The number of carboxylic acids is 1. The number of aliphatic hydroxyl groups excluding tert-OH is 7. The predicted octanol–water partition coefficient (Wildman–Crippen LogP) is -3.35. The first kappa shape index (κ1) is 40.2. The highest BCUT2D eigenvalue weighted by molar-refractivity contribution is 5.86. The number of esters is 1. The molecule has 3 fully saturated rings. The third-order valence-corrected chi connectivity index (χ3v) is 9.21. The maximum Gasteiger partial charge on any atom is 0.335 e. The van der Waals surface area contributed by atoms with E-state index in [0.29, 0.717) is 0 Å². The molecule has 2 aromatic carbocycles. The zero-order valence-corrected chi connectivity index (χ0v) is 28.6. The standard InChI is InChI=1S/C34H38O21/c1-12(36)48-9-20-22(39)24(41)28(55-33-29(44)34(47,10-35)11-49-33)32(53-20)51-15-6-16(37)21-17(38)8-18(52-19(21)7-15)13-2-4-14(5-3-13)50-31-26(43)23(40)25(42)27(54-31)30(45)46/h2-8,20,22-29,31-33,35,37,39-44,47H,9-11H2,1H3,(H,45,46). The molecule has 13 atom stereocenters. The number of benzene rings is 2. The average Bonchev–Trinajstić information content (AvgIpc) is 3.43. The van der Waals surface area contributed by atoms with Gasteiger partial charge in [0.2, 0.25) is 12.6 Å². The van der Waals surface area contributed by atoms with Crippen LogP contribution in [-0.4, -0.2) is 162 Å². The number of aromatic hydroxyl groups is 1. The van der Waals surface area contributed by atoms with Gasteiger partial charge in [-0.2, -0.15) is 0 Å². The van der Waals surface area contributed by atoms with Gasteiger partial charge in [0.05, 0.1) is 13.2 Å². The number of ether oxygens (including phenoxy) is 7. The third kappa shape index (κ3) is 8.09. The largest absolute Gasteiger partial charge is 0.507 e. The SMILES string of the molecule is CC(=O)OCC1OC(Oc2cc(O)c3c(=O)cc(-c4ccc(OC5OC(C(=O)O)C(O)C(O)C5O)cc4)oc3c2)C(OC2OCC(O)(CO)C2O)C(O)C1O. The number of carboxylic acid groups (broad SMARTS) is 1. The first-order valence-electron chi connectivity index (χ1n) is 16.6. The van der Waals surface area contributed by atoms with E-state index in [2.05, 4.69) is 0 Å². The van der Waals surface area contributed by atoms with Crippen LogP contribution in [0.3, 0.4) is 0 Å². The number of carbonyl (C=O) groups excluding carboxylic acids is 1. The van der Waals surface area contributed by atoms with Crippen LogP contribution in [0.5, 0.6) is 17.2 Å². The van der Waals surface area contributed by atoms with Crippen LogP contribution in [0.1, 0.15) is 6.92 Å². The van der Waals surface area contributed by atoms with Gasteiger partial charge in [-0.1, -0.05) is 0 Å². The lowest BCUT2D eigenvalue weighted by Gasteiger charge is -2.42. The molecule has 300 valence electrons. The number of carbonyl (C=O) groups is 2. The fraction of sp³-hybridized carbons (Fsp3) is 0.500. The molecule has 21 heteroatoms. The van der Waals surface area contributed by atoms with E-state index >= 15 is 0 Å². The predicted molar refractivity (Wildman–Crippen MR) is 175 cm³/mol. The second-order valence-corrected chi connectivity index (χ2v) is 13.1. The van der Waals surface area contributed by atoms with Gasteiger partial charge in [-0.3, -0.25) is 9.59 Å². The van der Waals surface area contributed by atoms with Crippen molar-refractivity contribution in [2.75, 3.05) is 19.8 Å². The van der Waals surface area contributed by atoms with Crippen molar-refractivity contribution in [2.24, 2.45) is 0 Å². The Morgan fingerprint density at radius 1 is 0.855 bits per heavy atom. The Bertz CT molecular complexity index is 1920. The van der Waals surface area contributed by atoms with E-state index in [1.54, 1.807) is 0 Å². The van der Waals surface area contributed by atoms with Gasteiger partial charge in [0, 0.05) is 30.7 Å². The highest BCUT2D eigenvalue weighted by Gasteiger charge is 2.54. The molecule has 0 saturated carbocycles. The Labute approximate surface area is 308 Å². The first-order chi connectivity index (χ1) is 26.0. The molecule has 1 aromatic heterocycles. The molecule has 0 aliphatic carbocycles. The monoisotopic (exact) mass is 782 g/mol. The van der Waals surface area contributed by atoms with E-state index in [0.717, 1.165) is 19.1 Å². The molecule has 6 rings (SSSR count). The van der Waals surface area contributed by atoms with E-state index < -0.39 is 122 Å². The first-order valence-corrected chi connectivity index (χ1v) is 16.6. The van der Waals surface area contributed by atoms with Crippen molar-refractivity contribution in [3.8, 4) is 28.6 Å². The maximum atomic E-state index is 13.2. The highest BCUT2D eigenvalue weighted by atomic mass is 16.8. The van der Waals surface area contributed by atoms with Gasteiger partial charge in [0.15, 0.2) is 23.9 Å². The van der Waals surface area contributed by atoms with Gasteiger partial charge in [-0.05, 0) is 24.3 Å². The number of rotatable bonds is 11. The van der Waals surface area contributed by atoms with Crippen LogP contribution in [-0.2, 0) is 33.3 Å². The summed E-state index contributed by atoms with van der Waals surface area (Å²) in [6.07, 6.45) is -21.0. The van der Waals surface area contributed by atoms with Crippen LogP contribution in [0.4, 0.5) is 0 Å². The normalized spacial score (nSPS) is 35.0. The molecule has 10 N–H and O–H groups in total. The van der Waals surface area contributed by atoms with Crippen molar-refractivity contribution in [3.63, 3.8) is 0 Å². The molecular weight excluding hydrogens is 744 g/mol. The Morgan fingerprint density at radius 2 is 1.55 bits per heavy atom. The van der Waals surface area contributed by atoms with Crippen molar-refractivity contribution in [3.05, 3.63) is 52.7 Å². The Morgan fingerprint density at radius 3 is 2.18 bits per heavy atom. The lowest BCUT2D eigenvalue weighted by molar-refractivity contribution is -0.319. The number of hydrogen-bond acceptors (Lipinski definition) is 20. The fourth-order valence-corrected chi connectivity index (χ4v) is 6.12. The van der Waals surface area contributed by atoms with Crippen molar-refractivity contribution in [2.45, 2.75) is 86.3 Å². The summed E-state index contributed by atoms with van der Waals surface area (Å²) in [5.74, 6) is -3.17. The van der Waals surface area contributed by atoms with Crippen LogP contribution in [0.25, 0.3) is 22.3 Å². The molecule has 3 aliphatic rings. The molecule has 0 radical (unpaired) electrons. The number of phenolic OH excluding ortho intramolecular Hbond substituents is 1. The van der Waals surface area contributed by atoms with Crippen LogP contribution in [0, 0.1) is 0 Å². The molecule has 21 nitrogen and oxygen atoms in total. The van der Waals surface area contributed by atoms with Gasteiger partial charge < -0.3 is 88.6 Å². The van der Waals surface area contributed by atoms with Crippen molar-refractivity contribution in [1.82, 2.24) is 0 Å². The van der Waals surface area contributed by atoms with Crippen LogP contribution in [0.2, 0.25) is 0 Å². The van der Waals surface area contributed by atoms with Gasteiger partial charge >= 0.3 is 11.9 Å². The van der Waals surface area contributed by atoms with Crippen molar-refractivity contribution >= 4 is 22.9 Å². The summed E-state index contributed by atoms with van der Waals surface area (Å²) in [5.41, 5.74) is -2.73. The van der Waals surface area contributed by atoms with Crippen LogP contribution in [0.15, 0.2) is 51.7 Å². The van der Waals surface area contributed by atoms with Gasteiger partial charge in [-0.15, -0.1) is 0 Å². The minimum Gasteiger partial charge on any atom is -0.507 e. The molecular formula is C34H38O21. The van der Waals surface area contributed by atoms with E-state index in [1.807, 2.05) is 0 Å². The number of fused-ring (bicyclic) bond motifs is 1. The summed E-state index contributed by atoms with van der Waals surface area (Å²) in [5, 5.41) is 102. The molecule has 55 heavy (non-hydrogen) atoms. The second-order valence-electron chi connectivity index (χ2n) is 13.1. The lowest BCUT2D eigenvalue weighted by Crippen LogP contribution is -2.62. The summed E-state index contributed by atoms with van der Waals surface area (Å²) in [4.78, 5) is 36.0. The molecule has 4 heterocycles. The summed E-state index contributed by atoms with van der Waals surface area (Å²) < 4.78 is 44.1. The van der Waals surface area contributed by atoms with Gasteiger partial charge in [0.1, 0.15) is 88.9 Å². The second kappa shape index (κ2) is 15.9. The molecule has 0 bridgehead atoms. The number of aliphatic hydroxyl groups is 8. The minimum atomic E-state index is -2.11. The van der Waals surface area contributed by atoms with Crippen LogP contribution >= 0.6 is 0 Å². The van der Waals surface area contributed by atoms with Crippen molar-refractivity contribution < 1.29 is 98.2 Å². The zero-order valence-electron chi connectivity index (χ0n) is 28.6. The summed E-state index contributed by atoms with van der Waals surface area (Å²) in [7, 11) is 0. The Balaban J connectivity index is 1.25. The van der Waals surface area contributed by atoms with Crippen molar-refractivity contribution in [1.29, 1.82) is 0 Å². The Kier molecular flexibility index (Phi) is 11.6. The van der Waals surface area contributed by atoms with Gasteiger partial charge in [0.25, 0.3) is 0 Å². The molecule has 13 unspecified atom stereocenters. The topological polar surface area (TPSA) is 331 Å². The highest BCUT2D eigenvalue weighted by Crippen LogP contribution is 2.36. The molecule has 3 aliphatic heterocycles. The number of aliphatic carboxylic acids is 1. The molecule has 3 saturated heterocycles. The lowest BCUT2D eigenvalue weighted by atomic mass is 9.98. The molecule has 3 aromatic rings. The fourth-order valence-electron chi connectivity index (χ4n) is 6.12. The zero-order chi connectivity index (χ0) is 39.9.